The molecule has 0 bridgehead atoms. The van der Waals surface area contributed by atoms with Crippen molar-refractivity contribution in [3.05, 3.63) is 194 Å². The van der Waals surface area contributed by atoms with Gasteiger partial charge in [-0.25, -0.2) is 0 Å². The Bertz CT molecular complexity index is 3170. The van der Waals surface area contributed by atoms with Gasteiger partial charge in [-0.3, -0.25) is 0 Å². The number of hydrogen-bond donors (Lipinski definition) is 0. The summed E-state index contributed by atoms with van der Waals surface area (Å²) in [6.45, 7) is 0. The van der Waals surface area contributed by atoms with Crippen molar-refractivity contribution < 1.29 is 4.42 Å². The van der Waals surface area contributed by atoms with Gasteiger partial charge < -0.3 is 13.9 Å². The van der Waals surface area contributed by atoms with Crippen molar-refractivity contribution in [1.82, 2.24) is 4.57 Å². The van der Waals surface area contributed by atoms with Crippen LogP contribution in [0.1, 0.15) is 0 Å². The molecular formula is C50H32N2O. The van der Waals surface area contributed by atoms with Crippen LogP contribution in [-0.4, -0.2) is 4.57 Å². The van der Waals surface area contributed by atoms with Crippen LogP contribution in [-0.2, 0) is 0 Å². The summed E-state index contributed by atoms with van der Waals surface area (Å²) in [7, 11) is 0. The van der Waals surface area contributed by atoms with Gasteiger partial charge >= 0.3 is 0 Å². The minimum absolute atomic E-state index is 0.874. The van der Waals surface area contributed by atoms with Gasteiger partial charge in [0.2, 0.25) is 0 Å². The minimum Gasteiger partial charge on any atom is -0.456 e. The van der Waals surface area contributed by atoms with Crippen molar-refractivity contribution in [2.75, 3.05) is 4.90 Å². The molecule has 9 aromatic carbocycles. The lowest BCUT2D eigenvalue weighted by Crippen LogP contribution is -2.10. The molecule has 0 fully saturated rings. The third-order valence-electron chi connectivity index (χ3n) is 10.7. The Balaban J connectivity index is 1.10. The second-order valence-electron chi connectivity index (χ2n) is 13.7. The lowest BCUT2D eigenvalue weighted by atomic mass is 10.0. The number of benzene rings is 9. The average molecular weight is 677 g/mol. The van der Waals surface area contributed by atoms with E-state index >= 15 is 0 Å². The molecule has 0 aliphatic heterocycles. The smallest absolute Gasteiger partial charge is 0.137 e. The number of anilines is 3. The van der Waals surface area contributed by atoms with E-state index in [1.807, 2.05) is 12.1 Å². The van der Waals surface area contributed by atoms with Crippen molar-refractivity contribution in [2.24, 2.45) is 0 Å². The third kappa shape index (κ3) is 4.68. The van der Waals surface area contributed by atoms with Crippen molar-refractivity contribution in [3.63, 3.8) is 0 Å². The van der Waals surface area contributed by atoms with E-state index in [0.717, 1.165) is 44.7 Å². The summed E-state index contributed by atoms with van der Waals surface area (Å²) in [5.41, 5.74) is 11.0. The summed E-state index contributed by atoms with van der Waals surface area (Å²) in [5, 5.41) is 9.59. The van der Waals surface area contributed by atoms with Gasteiger partial charge in [-0.05, 0) is 87.9 Å². The van der Waals surface area contributed by atoms with E-state index in [1.165, 1.54) is 54.5 Å². The molecule has 0 radical (unpaired) electrons. The summed E-state index contributed by atoms with van der Waals surface area (Å²) in [6, 6.07) is 69.8. The number of nitrogens with zero attached hydrogens (tertiary/aromatic N) is 2. The van der Waals surface area contributed by atoms with E-state index in [1.54, 1.807) is 0 Å². The highest BCUT2D eigenvalue weighted by molar-refractivity contribution is 6.19. The van der Waals surface area contributed by atoms with Crippen LogP contribution in [0.4, 0.5) is 17.1 Å². The summed E-state index contributed by atoms with van der Waals surface area (Å²) in [4.78, 5) is 2.37. The molecule has 11 aromatic rings. The van der Waals surface area contributed by atoms with Gasteiger partial charge in [0.25, 0.3) is 0 Å². The van der Waals surface area contributed by atoms with Crippen LogP contribution >= 0.6 is 0 Å². The number of aromatic nitrogens is 1. The van der Waals surface area contributed by atoms with E-state index in [9.17, 15) is 0 Å². The standard InChI is InChI=1S/C50H32N2O/c1-2-11-33(12-3-1)34-21-26-38(27-22-34)51(46-18-10-20-48-49(46)44-16-7-9-19-47(44)53-48)39-28-23-37-32-40(29-24-36(37)31-39)52-45-17-8-6-15-42(45)43-30-25-35-13-4-5-14-41(35)50(43)52/h1-32H. The first-order chi connectivity index (χ1) is 26.3. The Labute approximate surface area is 306 Å². The molecule has 0 amide bonds. The fraction of sp³-hybridized carbons (Fsp3) is 0. The van der Waals surface area contributed by atoms with E-state index in [4.69, 9.17) is 4.42 Å². The fourth-order valence-electron chi connectivity index (χ4n) is 8.30. The highest BCUT2D eigenvalue weighted by Gasteiger charge is 2.20. The normalized spacial score (nSPS) is 11.8. The fourth-order valence-corrected chi connectivity index (χ4v) is 8.30. The van der Waals surface area contributed by atoms with Crippen LogP contribution in [0.5, 0.6) is 0 Å². The number of fused-ring (bicyclic) bond motifs is 9. The van der Waals surface area contributed by atoms with E-state index in [-0.39, 0.29) is 0 Å². The predicted octanol–water partition coefficient (Wildman–Crippen LogP) is 14.1. The van der Waals surface area contributed by atoms with Crippen molar-refractivity contribution in [3.8, 4) is 16.8 Å². The van der Waals surface area contributed by atoms with E-state index in [0.29, 0.717) is 0 Å². The number of furan rings is 1. The molecular weight excluding hydrogens is 645 g/mol. The number of rotatable bonds is 5. The van der Waals surface area contributed by atoms with Crippen molar-refractivity contribution in [1.29, 1.82) is 0 Å². The van der Waals surface area contributed by atoms with Crippen molar-refractivity contribution in [2.45, 2.75) is 0 Å². The molecule has 0 unspecified atom stereocenters. The molecule has 3 nitrogen and oxygen atoms in total. The Morgan fingerprint density at radius 2 is 1.06 bits per heavy atom. The van der Waals surface area contributed by atoms with Gasteiger partial charge in [0.05, 0.1) is 22.1 Å². The third-order valence-corrected chi connectivity index (χ3v) is 10.7. The second-order valence-corrected chi connectivity index (χ2v) is 13.7. The quantitative estimate of drug-likeness (QED) is 0.181. The second kappa shape index (κ2) is 11.7. The highest BCUT2D eigenvalue weighted by atomic mass is 16.3. The SMILES string of the molecule is c1ccc(-c2ccc(N(c3ccc4cc(-n5c6ccccc6c6ccc7ccccc7c65)ccc4c3)c3cccc4oc5ccccc5c34)cc2)cc1. The molecule has 3 heteroatoms. The molecule has 0 spiro atoms. The molecule has 0 aliphatic carbocycles. The van der Waals surface area contributed by atoms with Gasteiger partial charge in [-0.1, -0.05) is 133 Å². The molecule has 11 rings (SSSR count). The van der Waals surface area contributed by atoms with Gasteiger partial charge in [-0.2, -0.15) is 0 Å². The zero-order valence-corrected chi connectivity index (χ0v) is 28.8. The lowest BCUT2D eigenvalue weighted by molar-refractivity contribution is 0.669. The van der Waals surface area contributed by atoms with Crippen LogP contribution in [0.3, 0.4) is 0 Å². The maximum atomic E-state index is 6.37. The van der Waals surface area contributed by atoms with E-state index in [2.05, 4.69) is 191 Å². The topological polar surface area (TPSA) is 21.3 Å². The van der Waals surface area contributed by atoms with Crippen LogP contribution in [0.2, 0.25) is 0 Å². The monoisotopic (exact) mass is 676 g/mol. The molecule has 2 heterocycles. The number of para-hydroxylation sites is 2. The van der Waals surface area contributed by atoms with Crippen LogP contribution in [0.15, 0.2) is 199 Å². The van der Waals surface area contributed by atoms with Gasteiger partial charge in [-0.15, -0.1) is 0 Å². The van der Waals surface area contributed by atoms with E-state index < -0.39 is 0 Å². The predicted molar refractivity (Wildman–Crippen MR) is 223 cm³/mol. The highest BCUT2D eigenvalue weighted by Crippen LogP contribution is 2.44. The molecule has 2 aromatic heterocycles. The summed E-state index contributed by atoms with van der Waals surface area (Å²) < 4.78 is 8.81. The zero-order chi connectivity index (χ0) is 34.9. The first-order valence-corrected chi connectivity index (χ1v) is 18.1. The molecule has 0 saturated heterocycles. The van der Waals surface area contributed by atoms with Gasteiger partial charge in [0, 0.05) is 38.6 Å². The van der Waals surface area contributed by atoms with Crippen LogP contribution in [0, 0.1) is 0 Å². The summed E-state index contributed by atoms with van der Waals surface area (Å²) >= 11 is 0. The first kappa shape index (κ1) is 29.6. The number of hydrogen-bond acceptors (Lipinski definition) is 2. The molecule has 0 N–H and O–H groups in total. The zero-order valence-electron chi connectivity index (χ0n) is 28.8. The summed E-state index contributed by atoms with van der Waals surface area (Å²) in [5.74, 6) is 0. The maximum Gasteiger partial charge on any atom is 0.137 e. The Morgan fingerprint density at radius 1 is 0.396 bits per heavy atom. The van der Waals surface area contributed by atoms with Gasteiger partial charge in [0.15, 0.2) is 0 Å². The Morgan fingerprint density at radius 3 is 1.94 bits per heavy atom. The lowest BCUT2D eigenvalue weighted by Gasteiger charge is -2.27. The first-order valence-electron chi connectivity index (χ1n) is 18.1. The Hall–Kier alpha value is -7.10. The molecule has 53 heavy (non-hydrogen) atoms. The molecule has 0 saturated carbocycles. The maximum absolute atomic E-state index is 6.37. The van der Waals surface area contributed by atoms with Gasteiger partial charge in [0.1, 0.15) is 11.2 Å². The van der Waals surface area contributed by atoms with Crippen molar-refractivity contribution >= 4 is 82.4 Å². The summed E-state index contributed by atoms with van der Waals surface area (Å²) in [6.07, 6.45) is 0. The molecule has 0 atom stereocenters. The molecule has 248 valence electrons. The van der Waals surface area contributed by atoms with Crippen LogP contribution in [0.25, 0.3) is 82.1 Å². The molecule has 0 aliphatic rings. The van der Waals surface area contributed by atoms with Crippen LogP contribution < -0.4 is 4.90 Å². The largest absolute Gasteiger partial charge is 0.456 e. The Kier molecular flexibility index (Phi) is 6.55. The minimum atomic E-state index is 0.874. The average Bonchev–Trinajstić information content (AvgIpc) is 3.78.